The first-order valence-corrected chi connectivity index (χ1v) is 17.6. The summed E-state index contributed by atoms with van der Waals surface area (Å²) in [5, 5.41) is 17.0. The van der Waals surface area contributed by atoms with Crippen molar-refractivity contribution in [1.82, 2.24) is 25.1 Å². The molecule has 4 aromatic carbocycles. The van der Waals surface area contributed by atoms with Crippen molar-refractivity contribution in [2.45, 2.75) is 38.6 Å². The van der Waals surface area contributed by atoms with Crippen LogP contribution in [0, 0.1) is 11.3 Å². The first-order chi connectivity index (χ1) is 24.8. The number of rotatable bonds is 16. The van der Waals surface area contributed by atoms with E-state index in [-0.39, 0.29) is 18.4 Å². The van der Waals surface area contributed by atoms with Gasteiger partial charge in [-0.25, -0.2) is 4.98 Å². The Hall–Kier alpha value is -5.14. The number of nitrogens with zero attached hydrogens (tertiary/aromatic N) is 4. The van der Waals surface area contributed by atoms with Gasteiger partial charge in [0, 0.05) is 38.1 Å². The Balaban J connectivity index is 1.34. The highest BCUT2D eigenvalue weighted by Crippen LogP contribution is 2.27. The quantitative estimate of drug-likeness (QED) is 0.0800. The summed E-state index contributed by atoms with van der Waals surface area (Å²) in [4.78, 5) is 20.0. The standard InChI is InChI=1S/C40H38Cl2N6O2S/c1-2-19-45-40(51)47(25-33-9-6-10-37(41)39(33)42)26-34(20-29-15-17-36(18-16-29)50-27-32-7-4-3-5-8-32)46-38(49)21-35-23-44-28-48(35)24-31-13-11-30(22-43)12-14-31/h2-18,23,28,34H,1,19-21,24-27H2,(H,45,51)(H,46,49)/t34-/m0/s1. The molecule has 0 radical (unpaired) electrons. The molecule has 0 fully saturated rings. The summed E-state index contributed by atoms with van der Waals surface area (Å²) >= 11 is 18.8. The second kappa shape index (κ2) is 18.7. The van der Waals surface area contributed by atoms with Crippen LogP contribution in [0.5, 0.6) is 5.75 Å². The largest absolute Gasteiger partial charge is 0.489 e. The fraction of sp³-hybridized carbons (Fsp3) is 0.200. The van der Waals surface area contributed by atoms with Crippen molar-refractivity contribution in [2.75, 3.05) is 13.1 Å². The molecule has 0 unspecified atom stereocenters. The van der Waals surface area contributed by atoms with E-state index in [1.54, 1.807) is 36.8 Å². The molecule has 11 heteroatoms. The Bertz CT molecular complexity index is 1960. The zero-order valence-electron chi connectivity index (χ0n) is 28.0. The minimum atomic E-state index is -0.343. The topological polar surface area (TPSA) is 95.2 Å². The maximum atomic E-state index is 13.7. The van der Waals surface area contributed by atoms with E-state index in [0.717, 1.165) is 33.7 Å². The average Bonchev–Trinajstić information content (AvgIpc) is 3.58. The van der Waals surface area contributed by atoms with Gasteiger partial charge in [-0.2, -0.15) is 5.26 Å². The molecule has 51 heavy (non-hydrogen) atoms. The van der Waals surface area contributed by atoms with E-state index < -0.39 is 0 Å². The maximum absolute atomic E-state index is 13.7. The van der Waals surface area contributed by atoms with Gasteiger partial charge in [0.05, 0.1) is 40.5 Å². The number of hydrogen-bond donors (Lipinski definition) is 2. The summed E-state index contributed by atoms with van der Waals surface area (Å²) in [6.45, 7) is 6.03. The molecule has 0 aliphatic heterocycles. The lowest BCUT2D eigenvalue weighted by molar-refractivity contribution is -0.121. The Labute approximate surface area is 314 Å². The molecule has 260 valence electrons. The van der Waals surface area contributed by atoms with Crippen LogP contribution in [0.25, 0.3) is 0 Å². The van der Waals surface area contributed by atoms with Gasteiger partial charge >= 0.3 is 0 Å². The molecule has 5 rings (SSSR count). The monoisotopic (exact) mass is 736 g/mol. The normalized spacial score (nSPS) is 11.2. The second-order valence-electron chi connectivity index (χ2n) is 12.0. The van der Waals surface area contributed by atoms with Crippen LogP contribution in [0.4, 0.5) is 0 Å². The van der Waals surface area contributed by atoms with E-state index >= 15 is 0 Å². The van der Waals surface area contributed by atoms with Crippen LogP contribution in [0.2, 0.25) is 10.0 Å². The van der Waals surface area contributed by atoms with Gasteiger partial charge in [0.25, 0.3) is 0 Å². The number of nitrogens with one attached hydrogen (secondary N) is 2. The molecule has 8 nitrogen and oxygen atoms in total. The summed E-state index contributed by atoms with van der Waals surface area (Å²) in [6.07, 6.45) is 5.80. The van der Waals surface area contributed by atoms with Crippen molar-refractivity contribution < 1.29 is 9.53 Å². The average molecular weight is 738 g/mol. The first-order valence-electron chi connectivity index (χ1n) is 16.4. The predicted octanol–water partition coefficient (Wildman–Crippen LogP) is 7.52. The molecule has 1 aromatic heterocycles. The van der Waals surface area contributed by atoms with Crippen molar-refractivity contribution in [3.8, 4) is 11.8 Å². The van der Waals surface area contributed by atoms with Crippen LogP contribution in [-0.4, -0.2) is 44.6 Å². The Morgan fingerprint density at radius 1 is 1.00 bits per heavy atom. The van der Waals surface area contributed by atoms with Gasteiger partial charge in [0.2, 0.25) is 5.91 Å². The molecule has 0 saturated heterocycles. The van der Waals surface area contributed by atoms with Gasteiger partial charge in [-0.05, 0) is 71.2 Å². The molecule has 5 aromatic rings. The second-order valence-corrected chi connectivity index (χ2v) is 13.1. The van der Waals surface area contributed by atoms with E-state index in [9.17, 15) is 4.79 Å². The molecule has 1 atom stereocenters. The zero-order valence-corrected chi connectivity index (χ0v) is 30.3. The van der Waals surface area contributed by atoms with Crippen LogP contribution in [0.15, 0.2) is 122 Å². The molecule has 0 saturated carbocycles. The van der Waals surface area contributed by atoms with Gasteiger partial charge in [0.1, 0.15) is 12.4 Å². The number of aromatic nitrogens is 2. The number of thiocarbonyl (C=S) groups is 1. The molecule has 1 amide bonds. The summed E-state index contributed by atoms with van der Waals surface area (Å²) in [5.41, 5.74) is 5.27. The van der Waals surface area contributed by atoms with E-state index in [2.05, 4.69) is 28.3 Å². The third kappa shape index (κ3) is 11.2. The maximum Gasteiger partial charge on any atom is 0.226 e. The van der Waals surface area contributed by atoms with Gasteiger partial charge in [-0.15, -0.1) is 6.58 Å². The number of hydrogen-bond acceptors (Lipinski definition) is 5. The molecular weight excluding hydrogens is 699 g/mol. The first kappa shape index (κ1) is 37.1. The zero-order chi connectivity index (χ0) is 36.0. The van der Waals surface area contributed by atoms with Crippen molar-refractivity contribution in [2.24, 2.45) is 0 Å². The minimum Gasteiger partial charge on any atom is -0.489 e. The van der Waals surface area contributed by atoms with Crippen LogP contribution in [0.1, 0.15) is 33.5 Å². The third-order valence-corrected chi connectivity index (χ3v) is 9.37. The molecule has 2 N–H and O–H groups in total. The number of carbonyl (C=O) groups excluding carboxylic acids is 1. The fourth-order valence-electron chi connectivity index (χ4n) is 5.50. The number of ether oxygens (including phenoxy) is 1. The van der Waals surface area contributed by atoms with E-state index in [1.807, 2.05) is 88.3 Å². The van der Waals surface area contributed by atoms with Crippen LogP contribution in [-0.2, 0) is 37.3 Å². The number of carbonyl (C=O) groups is 1. The summed E-state index contributed by atoms with van der Waals surface area (Å²) < 4.78 is 7.94. The number of amides is 1. The Kier molecular flexibility index (Phi) is 13.6. The van der Waals surface area contributed by atoms with Gasteiger partial charge in [-0.1, -0.05) is 96.0 Å². The van der Waals surface area contributed by atoms with Gasteiger partial charge in [0.15, 0.2) is 5.11 Å². The number of nitriles is 1. The number of imidazole rings is 1. The predicted molar refractivity (Wildman–Crippen MR) is 207 cm³/mol. The van der Waals surface area contributed by atoms with E-state index in [4.69, 9.17) is 45.4 Å². The van der Waals surface area contributed by atoms with Crippen LogP contribution >= 0.6 is 35.4 Å². The summed E-state index contributed by atoms with van der Waals surface area (Å²) in [5.74, 6) is 0.598. The van der Waals surface area contributed by atoms with Crippen molar-refractivity contribution in [3.05, 3.63) is 166 Å². The SMILES string of the molecule is C=CCNC(=S)N(Cc1cccc(Cl)c1Cl)C[C@H](Cc1ccc(OCc2ccccc2)cc1)NC(=O)Cc1cncn1Cc1ccc(C#N)cc1. The molecule has 0 bridgehead atoms. The van der Waals surface area contributed by atoms with E-state index in [0.29, 0.717) is 59.9 Å². The van der Waals surface area contributed by atoms with Crippen LogP contribution < -0.4 is 15.4 Å². The summed E-state index contributed by atoms with van der Waals surface area (Å²) in [7, 11) is 0. The number of halogens is 2. The molecule has 0 spiro atoms. The molecule has 1 heterocycles. The molecule has 0 aliphatic carbocycles. The van der Waals surface area contributed by atoms with Gasteiger partial charge < -0.3 is 24.8 Å². The van der Waals surface area contributed by atoms with Gasteiger partial charge in [-0.3, -0.25) is 4.79 Å². The molecular formula is C40H38Cl2N6O2S. The summed E-state index contributed by atoms with van der Waals surface area (Å²) in [6, 6.07) is 32.6. The highest BCUT2D eigenvalue weighted by atomic mass is 35.5. The third-order valence-electron chi connectivity index (χ3n) is 8.11. The smallest absolute Gasteiger partial charge is 0.226 e. The Morgan fingerprint density at radius 2 is 1.75 bits per heavy atom. The highest BCUT2D eigenvalue weighted by molar-refractivity contribution is 7.80. The Morgan fingerprint density at radius 3 is 2.47 bits per heavy atom. The van der Waals surface area contributed by atoms with E-state index in [1.165, 1.54) is 0 Å². The van der Waals surface area contributed by atoms with Crippen molar-refractivity contribution in [3.63, 3.8) is 0 Å². The van der Waals surface area contributed by atoms with Crippen LogP contribution in [0.3, 0.4) is 0 Å². The lowest BCUT2D eigenvalue weighted by Gasteiger charge is -2.31. The molecule has 0 aliphatic rings. The fourth-order valence-corrected chi connectivity index (χ4v) is 6.11. The lowest BCUT2D eigenvalue weighted by Crippen LogP contribution is -2.49. The highest BCUT2D eigenvalue weighted by Gasteiger charge is 2.22. The van der Waals surface area contributed by atoms with Crippen molar-refractivity contribution >= 4 is 46.4 Å². The number of benzene rings is 4. The minimum absolute atomic E-state index is 0.123. The van der Waals surface area contributed by atoms with Crippen molar-refractivity contribution in [1.29, 1.82) is 5.26 Å². The lowest BCUT2D eigenvalue weighted by atomic mass is 10.0.